The van der Waals surface area contributed by atoms with Crippen LogP contribution in [-0.4, -0.2) is 13.2 Å². The van der Waals surface area contributed by atoms with Gasteiger partial charge in [-0.25, -0.2) is 0 Å². The average molecular weight is 221 g/mol. The zero-order valence-electron chi connectivity index (χ0n) is 10.6. The molecule has 0 fully saturated rings. The zero-order chi connectivity index (χ0) is 12.0. The molecule has 0 saturated carbocycles. The van der Waals surface area contributed by atoms with Crippen molar-refractivity contribution in [1.82, 2.24) is 0 Å². The van der Waals surface area contributed by atoms with Crippen LogP contribution < -0.4 is 10.5 Å². The molecule has 90 valence electrons. The highest BCUT2D eigenvalue weighted by Gasteiger charge is 2.06. The van der Waals surface area contributed by atoms with Gasteiger partial charge in [-0.3, -0.25) is 0 Å². The van der Waals surface area contributed by atoms with Gasteiger partial charge in [0.05, 0.1) is 7.11 Å². The van der Waals surface area contributed by atoms with Gasteiger partial charge in [0, 0.05) is 6.04 Å². The minimum Gasteiger partial charge on any atom is -0.496 e. The lowest BCUT2D eigenvalue weighted by molar-refractivity contribution is 0.409. The lowest BCUT2D eigenvalue weighted by atomic mass is 10.00. The van der Waals surface area contributed by atoms with Gasteiger partial charge in [0.1, 0.15) is 5.75 Å². The Balaban J connectivity index is 2.84. The second-order valence-electron chi connectivity index (χ2n) is 4.27. The van der Waals surface area contributed by atoms with Crippen molar-refractivity contribution in [2.75, 3.05) is 7.11 Å². The van der Waals surface area contributed by atoms with Crippen molar-refractivity contribution in [3.05, 3.63) is 29.3 Å². The van der Waals surface area contributed by atoms with Crippen LogP contribution in [0.3, 0.4) is 0 Å². The quantitative estimate of drug-likeness (QED) is 0.801. The molecule has 1 rings (SSSR count). The van der Waals surface area contributed by atoms with E-state index in [1.54, 1.807) is 7.11 Å². The third-order valence-electron chi connectivity index (χ3n) is 2.89. The van der Waals surface area contributed by atoms with Gasteiger partial charge >= 0.3 is 0 Å². The summed E-state index contributed by atoms with van der Waals surface area (Å²) in [6, 6.07) is 6.68. The standard InChI is InChI=1S/C14H23NO/c1-4-6-12-9-11(10-13(15)5-2)7-8-14(12)16-3/h7-9,13H,4-6,10,15H2,1-3H3/t13-/m0/s1. The summed E-state index contributed by atoms with van der Waals surface area (Å²) in [5, 5.41) is 0. The molecule has 0 radical (unpaired) electrons. The maximum Gasteiger partial charge on any atom is 0.122 e. The van der Waals surface area contributed by atoms with Gasteiger partial charge in [-0.2, -0.15) is 0 Å². The van der Waals surface area contributed by atoms with E-state index in [4.69, 9.17) is 10.5 Å². The second kappa shape index (κ2) is 6.54. The number of nitrogens with two attached hydrogens (primary N) is 1. The summed E-state index contributed by atoms with van der Waals surface area (Å²) in [4.78, 5) is 0. The van der Waals surface area contributed by atoms with Gasteiger partial charge in [0.25, 0.3) is 0 Å². The number of hydrogen-bond acceptors (Lipinski definition) is 2. The van der Waals surface area contributed by atoms with Crippen molar-refractivity contribution >= 4 is 0 Å². The highest BCUT2D eigenvalue weighted by atomic mass is 16.5. The summed E-state index contributed by atoms with van der Waals surface area (Å²) in [6.07, 6.45) is 4.18. The lowest BCUT2D eigenvalue weighted by Crippen LogP contribution is -2.21. The Labute approximate surface area is 98.8 Å². The van der Waals surface area contributed by atoms with Crippen molar-refractivity contribution < 1.29 is 4.74 Å². The molecule has 0 saturated heterocycles. The fraction of sp³-hybridized carbons (Fsp3) is 0.571. The fourth-order valence-electron chi connectivity index (χ4n) is 1.87. The maximum atomic E-state index is 5.97. The molecular weight excluding hydrogens is 198 g/mol. The van der Waals surface area contributed by atoms with Crippen LogP contribution in [0, 0.1) is 0 Å². The highest BCUT2D eigenvalue weighted by molar-refractivity contribution is 5.37. The van der Waals surface area contributed by atoms with Crippen molar-refractivity contribution in [2.45, 2.75) is 45.6 Å². The van der Waals surface area contributed by atoms with E-state index in [0.29, 0.717) is 0 Å². The summed E-state index contributed by atoms with van der Waals surface area (Å²) in [7, 11) is 1.73. The number of hydrogen-bond donors (Lipinski definition) is 1. The van der Waals surface area contributed by atoms with Gasteiger partial charge in [-0.05, 0) is 36.5 Å². The minimum atomic E-state index is 0.267. The maximum absolute atomic E-state index is 5.97. The number of aryl methyl sites for hydroxylation is 1. The van der Waals surface area contributed by atoms with E-state index in [0.717, 1.165) is 31.4 Å². The minimum absolute atomic E-state index is 0.267. The van der Waals surface area contributed by atoms with Gasteiger partial charge < -0.3 is 10.5 Å². The molecule has 1 aromatic rings. The van der Waals surface area contributed by atoms with Crippen molar-refractivity contribution in [2.24, 2.45) is 5.73 Å². The molecule has 0 amide bonds. The van der Waals surface area contributed by atoms with E-state index in [2.05, 4.69) is 32.0 Å². The normalized spacial score (nSPS) is 12.5. The van der Waals surface area contributed by atoms with Crippen LogP contribution in [0.1, 0.15) is 37.8 Å². The first-order valence-corrected chi connectivity index (χ1v) is 6.12. The fourth-order valence-corrected chi connectivity index (χ4v) is 1.87. The average Bonchev–Trinajstić information content (AvgIpc) is 2.30. The molecule has 0 bridgehead atoms. The number of benzene rings is 1. The smallest absolute Gasteiger partial charge is 0.122 e. The number of rotatable bonds is 6. The second-order valence-corrected chi connectivity index (χ2v) is 4.27. The molecular formula is C14H23NO. The first-order valence-electron chi connectivity index (χ1n) is 6.12. The first-order chi connectivity index (χ1) is 7.71. The molecule has 2 heteroatoms. The molecule has 2 N–H and O–H groups in total. The van der Waals surface area contributed by atoms with E-state index >= 15 is 0 Å². The molecule has 0 spiro atoms. The largest absolute Gasteiger partial charge is 0.496 e. The molecule has 16 heavy (non-hydrogen) atoms. The Hall–Kier alpha value is -1.02. The van der Waals surface area contributed by atoms with Crippen molar-refractivity contribution in [1.29, 1.82) is 0 Å². The molecule has 0 aliphatic carbocycles. The van der Waals surface area contributed by atoms with Crippen LogP contribution in [0.4, 0.5) is 0 Å². The predicted molar refractivity (Wildman–Crippen MR) is 69.0 cm³/mol. The van der Waals surface area contributed by atoms with Crippen LogP contribution in [0.25, 0.3) is 0 Å². The Morgan fingerprint density at radius 1 is 1.31 bits per heavy atom. The SMILES string of the molecule is CCCc1cc(C[C@@H](N)CC)ccc1OC. The highest BCUT2D eigenvalue weighted by Crippen LogP contribution is 2.22. The van der Waals surface area contributed by atoms with Crippen molar-refractivity contribution in [3.63, 3.8) is 0 Å². The van der Waals surface area contributed by atoms with Gasteiger partial charge in [-0.1, -0.05) is 32.4 Å². The third kappa shape index (κ3) is 3.53. The molecule has 0 aliphatic rings. The molecule has 0 heterocycles. The molecule has 0 unspecified atom stereocenters. The van der Waals surface area contributed by atoms with Gasteiger partial charge in [-0.15, -0.1) is 0 Å². The van der Waals surface area contributed by atoms with Crippen molar-refractivity contribution in [3.8, 4) is 5.75 Å². The summed E-state index contributed by atoms with van der Waals surface area (Å²) in [5.41, 5.74) is 8.58. The van der Waals surface area contributed by atoms with Crippen LogP contribution >= 0.6 is 0 Å². The topological polar surface area (TPSA) is 35.2 Å². The number of methoxy groups -OCH3 is 1. The molecule has 0 aromatic heterocycles. The Bertz CT molecular complexity index is 323. The summed E-state index contributed by atoms with van der Waals surface area (Å²) >= 11 is 0. The molecule has 2 nitrogen and oxygen atoms in total. The monoisotopic (exact) mass is 221 g/mol. The summed E-state index contributed by atoms with van der Waals surface area (Å²) in [6.45, 7) is 4.31. The van der Waals surface area contributed by atoms with Crippen LogP contribution in [-0.2, 0) is 12.8 Å². The van der Waals surface area contributed by atoms with Crippen LogP contribution in [0.5, 0.6) is 5.75 Å². The van der Waals surface area contributed by atoms with E-state index < -0.39 is 0 Å². The predicted octanol–water partition coefficient (Wildman–Crippen LogP) is 2.93. The lowest BCUT2D eigenvalue weighted by Gasteiger charge is -2.12. The molecule has 1 atom stereocenters. The van der Waals surface area contributed by atoms with E-state index in [1.165, 1.54) is 11.1 Å². The third-order valence-corrected chi connectivity index (χ3v) is 2.89. The van der Waals surface area contributed by atoms with E-state index in [1.807, 2.05) is 0 Å². The Morgan fingerprint density at radius 3 is 2.62 bits per heavy atom. The van der Waals surface area contributed by atoms with E-state index in [-0.39, 0.29) is 6.04 Å². The molecule has 1 aromatic carbocycles. The van der Waals surface area contributed by atoms with Crippen LogP contribution in [0.2, 0.25) is 0 Å². The first kappa shape index (κ1) is 13.0. The Kier molecular flexibility index (Phi) is 5.33. The summed E-state index contributed by atoms with van der Waals surface area (Å²) < 4.78 is 5.35. The zero-order valence-corrected chi connectivity index (χ0v) is 10.6. The van der Waals surface area contributed by atoms with Gasteiger partial charge in [0.2, 0.25) is 0 Å². The van der Waals surface area contributed by atoms with Crippen LogP contribution in [0.15, 0.2) is 18.2 Å². The number of ether oxygens (including phenoxy) is 1. The summed E-state index contributed by atoms with van der Waals surface area (Å²) in [5.74, 6) is 0.996. The Morgan fingerprint density at radius 2 is 2.06 bits per heavy atom. The molecule has 0 aliphatic heterocycles. The van der Waals surface area contributed by atoms with Gasteiger partial charge in [0.15, 0.2) is 0 Å². The van der Waals surface area contributed by atoms with E-state index in [9.17, 15) is 0 Å².